The van der Waals surface area contributed by atoms with Crippen LogP contribution in [0, 0.1) is 18.4 Å². The zero-order valence-corrected chi connectivity index (χ0v) is 19.4. The molecule has 0 saturated heterocycles. The molecule has 5 nitrogen and oxygen atoms in total. The molecule has 4 aromatic rings. The predicted octanol–water partition coefficient (Wildman–Crippen LogP) is 5.22. The normalized spacial score (nSPS) is 11.3. The Hall–Kier alpha value is -3.56. The number of ketones is 1. The van der Waals surface area contributed by atoms with E-state index in [4.69, 9.17) is 0 Å². The van der Waals surface area contributed by atoms with Gasteiger partial charge >= 0.3 is 0 Å². The fraction of sp³-hybridized carbons (Fsp3) is 0.200. The second-order valence-corrected chi connectivity index (χ2v) is 13.4. The van der Waals surface area contributed by atoms with Crippen molar-refractivity contribution in [2.45, 2.75) is 33.5 Å². The number of benzene rings is 1. The lowest BCUT2D eigenvalue weighted by Crippen LogP contribution is -2.16. The molecule has 0 bridgehead atoms. The minimum atomic E-state index is -1.57. The molecule has 154 valence electrons. The van der Waals surface area contributed by atoms with E-state index in [1.165, 1.54) is 6.92 Å². The van der Waals surface area contributed by atoms with E-state index < -0.39 is 8.07 Å². The quantitative estimate of drug-likeness (QED) is 0.257. The molecule has 0 spiro atoms. The summed E-state index contributed by atoms with van der Waals surface area (Å²) in [5, 5.41) is 5.59. The molecule has 0 saturated carbocycles. The van der Waals surface area contributed by atoms with Crippen LogP contribution in [-0.4, -0.2) is 33.6 Å². The summed E-state index contributed by atoms with van der Waals surface area (Å²) in [5.41, 5.74) is 8.27. The molecule has 0 N–H and O–H groups in total. The molecular formula is C25H24N4OSi. The Kier molecular flexibility index (Phi) is 5.30. The topological polar surface area (TPSA) is 60.7 Å². The largest absolute Gasteiger partial charge is 0.293 e. The van der Waals surface area contributed by atoms with Crippen LogP contribution >= 0.6 is 0 Å². The number of pyridine rings is 2. The molecule has 31 heavy (non-hydrogen) atoms. The van der Waals surface area contributed by atoms with Crippen LogP contribution in [0.3, 0.4) is 0 Å². The van der Waals surface area contributed by atoms with E-state index in [0.717, 1.165) is 39.2 Å². The van der Waals surface area contributed by atoms with Gasteiger partial charge in [0.2, 0.25) is 0 Å². The summed E-state index contributed by atoms with van der Waals surface area (Å²) >= 11 is 0. The lowest BCUT2D eigenvalue weighted by Gasteiger charge is -2.09. The summed E-state index contributed by atoms with van der Waals surface area (Å²) in [6, 6.07) is 15.5. The second-order valence-electron chi connectivity index (χ2n) is 8.61. The summed E-state index contributed by atoms with van der Waals surface area (Å²) in [4.78, 5) is 21.0. The van der Waals surface area contributed by atoms with Crippen molar-refractivity contribution in [2.24, 2.45) is 0 Å². The molecule has 0 aliphatic heterocycles. The van der Waals surface area contributed by atoms with E-state index in [1.807, 2.05) is 60.3 Å². The first-order valence-electron chi connectivity index (χ1n) is 10.2. The molecule has 1 aromatic carbocycles. The van der Waals surface area contributed by atoms with E-state index in [2.05, 4.69) is 46.2 Å². The van der Waals surface area contributed by atoms with Crippen LogP contribution in [0.25, 0.3) is 28.0 Å². The highest BCUT2D eigenvalue weighted by molar-refractivity contribution is 6.83. The van der Waals surface area contributed by atoms with Crippen molar-refractivity contribution >= 4 is 24.8 Å². The van der Waals surface area contributed by atoms with Crippen LogP contribution in [0.1, 0.15) is 28.7 Å². The maximum Gasteiger partial charge on any atom is 0.178 e. The maximum absolute atomic E-state index is 11.8. The van der Waals surface area contributed by atoms with Crippen molar-refractivity contribution in [3.8, 4) is 28.5 Å². The first kappa shape index (κ1) is 20.7. The number of carbonyl (C=O) groups excluding carboxylic acids is 1. The third-order valence-corrected chi connectivity index (χ3v) is 5.63. The average molecular weight is 425 g/mol. The van der Waals surface area contributed by atoms with Crippen LogP contribution < -0.4 is 0 Å². The molecule has 0 fully saturated rings. The number of nitrogens with zero attached hydrogens (tertiary/aromatic N) is 4. The minimum absolute atomic E-state index is 0.0596. The lowest BCUT2D eigenvalue weighted by molar-refractivity contribution is 0.101. The second kappa shape index (κ2) is 7.93. The number of rotatable bonds is 3. The molecule has 0 aliphatic rings. The highest BCUT2D eigenvalue weighted by Crippen LogP contribution is 2.28. The van der Waals surface area contributed by atoms with Gasteiger partial charge in [-0.3, -0.25) is 4.79 Å². The number of Topliss-reactive ketones (excluding diaryl/α,β-unsaturated/α-hetero) is 1. The van der Waals surface area contributed by atoms with Crippen LogP contribution in [-0.2, 0) is 0 Å². The van der Waals surface area contributed by atoms with Gasteiger partial charge in [-0.05, 0) is 43.3 Å². The SMILES string of the molecule is CC(=O)c1cccc(-c2cc(C#C[Si](C)(C)C)c3cnn(-c4cccc(C)n4)c3c2)n1. The molecule has 3 heterocycles. The molecule has 3 aromatic heterocycles. The fourth-order valence-electron chi connectivity index (χ4n) is 3.25. The monoisotopic (exact) mass is 424 g/mol. The van der Waals surface area contributed by atoms with Crippen LogP contribution in [0.4, 0.5) is 0 Å². The third kappa shape index (κ3) is 4.47. The molecular weight excluding hydrogens is 400 g/mol. The standard InChI is InChI=1S/C25H24N4OSi/c1-17-8-6-11-25(27-17)29-24-15-20(23-10-7-9-22(28-23)18(2)30)14-19(21(24)16-26-29)12-13-31(3,4)5/h6-11,14-16H,1-5H3. The van der Waals surface area contributed by atoms with Crippen LogP contribution in [0.5, 0.6) is 0 Å². The molecule has 0 atom stereocenters. The van der Waals surface area contributed by atoms with Gasteiger partial charge < -0.3 is 0 Å². The third-order valence-electron chi connectivity index (χ3n) is 4.76. The highest BCUT2D eigenvalue weighted by atomic mass is 28.3. The summed E-state index contributed by atoms with van der Waals surface area (Å²) in [6.07, 6.45) is 1.84. The van der Waals surface area contributed by atoms with Crippen LogP contribution in [0.2, 0.25) is 19.6 Å². The number of hydrogen-bond acceptors (Lipinski definition) is 4. The van der Waals surface area contributed by atoms with Gasteiger partial charge in [0.05, 0.1) is 17.4 Å². The van der Waals surface area contributed by atoms with E-state index >= 15 is 0 Å². The Morgan fingerprint density at radius 2 is 1.81 bits per heavy atom. The van der Waals surface area contributed by atoms with E-state index in [0.29, 0.717) is 5.69 Å². The molecule has 6 heteroatoms. The predicted molar refractivity (Wildman–Crippen MR) is 127 cm³/mol. The van der Waals surface area contributed by atoms with Gasteiger partial charge in [0.1, 0.15) is 13.8 Å². The molecule has 0 amide bonds. The average Bonchev–Trinajstić information content (AvgIpc) is 3.15. The zero-order chi connectivity index (χ0) is 22.2. The van der Waals surface area contributed by atoms with Gasteiger partial charge in [-0.1, -0.05) is 37.7 Å². The Balaban J connectivity index is 1.98. The molecule has 0 radical (unpaired) electrons. The first-order valence-corrected chi connectivity index (χ1v) is 13.7. The summed E-state index contributed by atoms with van der Waals surface area (Å²) in [6.45, 7) is 10.2. The zero-order valence-electron chi connectivity index (χ0n) is 18.4. The van der Waals surface area contributed by atoms with Gasteiger partial charge in [-0.2, -0.15) is 5.10 Å². The van der Waals surface area contributed by atoms with E-state index in [9.17, 15) is 4.79 Å². The molecule has 0 aliphatic carbocycles. The Labute approximate surface area is 183 Å². The van der Waals surface area contributed by atoms with Crippen molar-refractivity contribution in [2.75, 3.05) is 0 Å². The van der Waals surface area contributed by atoms with Crippen molar-refractivity contribution in [3.05, 3.63) is 71.7 Å². The fourth-order valence-corrected chi connectivity index (χ4v) is 3.76. The maximum atomic E-state index is 11.8. The summed E-state index contributed by atoms with van der Waals surface area (Å²) in [7, 11) is -1.57. The number of hydrogen-bond donors (Lipinski definition) is 0. The molecule has 0 unspecified atom stereocenters. The van der Waals surface area contributed by atoms with Crippen molar-refractivity contribution < 1.29 is 4.79 Å². The van der Waals surface area contributed by atoms with Gasteiger partial charge in [0.25, 0.3) is 0 Å². The number of fused-ring (bicyclic) bond motifs is 1. The van der Waals surface area contributed by atoms with E-state index in [-0.39, 0.29) is 5.78 Å². The van der Waals surface area contributed by atoms with Crippen molar-refractivity contribution in [1.29, 1.82) is 0 Å². The Morgan fingerprint density at radius 3 is 2.52 bits per heavy atom. The molecule has 4 rings (SSSR count). The Bertz CT molecular complexity index is 1370. The van der Waals surface area contributed by atoms with Gasteiger partial charge in [0, 0.05) is 29.1 Å². The van der Waals surface area contributed by atoms with Crippen molar-refractivity contribution in [3.63, 3.8) is 0 Å². The Morgan fingerprint density at radius 1 is 1.03 bits per heavy atom. The van der Waals surface area contributed by atoms with Gasteiger partial charge in [-0.15, -0.1) is 5.54 Å². The van der Waals surface area contributed by atoms with E-state index in [1.54, 1.807) is 6.07 Å². The number of carbonyl (C=O) groups is 1. The lowest BCUT2D eigenvalue weighted by atomic mass is 10.0. The van der Waals surface area contributed by atoms with Crippen molar-refractivity contribution in [1.82, 2.24) is 19.7 Å². The summed E-state index contributed by atoms with van der Waals surface area (Å²) < 4.78 is 1.83. The smallest absolute Gasteiger partial charge is 0.178 e. The number of aromatic nitrogens is 4. The minimum Gasteiger partial charge on any atom is -0.293 e. The van der Waals surface area contributed by atoms with Gasteiger partial charge in [0.15, 0.2) is 11.6 Å². The number of aryl methyl sites for hydroxylation is 1. The summed E-state index contributed by atoms with van der Waals surface area (Å²) in [5.74, 6) is 4.09. The first-order chi connectivity index (χ1) is 14.7. The van der Waals surface area contributed by atoms with Gasteiger partial charge in [-0.25, -0.2) is 14.6 Å². The highest BCUT2D eigenvalue weighted by Gasteiger charge is 2.14. The van der Waals surface area contributed by atoms with Crippen LogP contribution in [0.15, 0.2) is 54.7 Å².